The van der Waals surface area contributed by atoms with Gasteiger partial charge in [-0.3, -0.25) is 0 Å². The fourth-order valence-electron chi connectivity index (χ4n) is 2.54. The van der Waals surface area contributed by atoms with Gasteiger partial charge >= 0.3 is 0 Å². The third-order valence-corrected chi connectivity index (χ3v) is 3.83. The molecular formula is C15H24N2O. The Morgan fingerprint density at radius 3 is 2.78 bits per heavy atom. The van der Waals surface area contributed by atoms with E-state index < -0.39 is 0 Å². The summed E-state index contributed by atoms with van der Waals surface area (Å²) in [6.45, 7) is 8.95. The maximum Gasteiger partial charge on any atom is 0.0917 e. The van der Waals surface area contributed by atoms with Gasteiger partial charge in [-0.25, -0.2) is 0 Å². The quantitative estimate of drug-likeness (QED) is 0.832. The molecule has 1 aromatic carbocycles. The van der Waals surface area contributed by atoms with Crippen LogP contribution in [0.1, 0.15) is 36.6 Å². The van der Waals surface area contributed by atoms with Gasteiger partial charge in [0.25, 0.3) is 0 Å². The van der Waals surface area contributed by atoms with Gasteiger partial charge in [-0.2, -0.15) is 0 Å². The van der Waals surface area contributed by atoms with Crippen LogP contribution in [0.5, 0.6) is 0 Å². The maximum absolute atomic E-state index is 10.3. The zero-order valence-electron chi connectivity index (χ0n) is 11.4. The molecule has 0 radical (unpaired) electrons. The van der Waals surface area contributed by atoms with E-state index in [0.29, 0.717) is 0 Å². The Hall–Kier alpha value is -0.900. The highest BCUT2D eigenvalue weighted by Crippen LogP contribution is 2.21. The van der Waals surface area contributed by atoms with Gasteiger partial charge in [0.15, 0.2) is 0 Å². The van der Waals surface area contributed by atoms with Crippen molar-refractivity contribution in [3.8, 4) is 0 Å². The van der Waals surface area contributed by atoms with Gasteiger partial charge in [0.1, 0.15) is 0 Å². The van der Waals surface area contributed by atoms with Crippen LogP contribution in [0.4, 0.5) is 0 Å². The van der Waals surface area contributed by atoms with Gasteiger partial charge in [0.2, 0.25) is 0 Å². The van der Waals surface area contributed by atoms with E-state index in [2.05, 4.69) is 42.3 Å². The van der Waals surface area contributed by atoms with E-state index in [4.69, 9.17) is 0 Å². The molecule has 18 heavy (non-hydrogen) atoms. The highest BCUT2D eigenvalue weighted by atomic mass is 16.3. The van der Waals surface area contributed by atoms with Gasteiger partial charge in [0, 0.05) is 13.1 Å². The van der Waals surface area contributed by atoms with Crippen molar-refractivity contribution >= 4 is 0 Å². The van der Waals surface area contributed by atoms with Crippen molar-refractivity contribution in [1.82, 2.24) is 10.2 Å². The molecule has 100 valence electrons. The number of aliphatic hydroxyl groups excluding tert-OH is 1. The smallest absolute Gasteiger partial charge is 0.0917 e. The molecule has 1 unspecified atom stereocenters. The fourth-order valence-corrected chi connectivity index (χ4v) is 2.54. The van der Waals surface area contributed by atoms with Crippen molar-refractivity contribution in [1.29, 1.82) is 0 Å². The Bertz CT molecular complexity index is 388. The van der Waals surface area contributed by atoms with Crippen LogP contribution < -0.4 is 5.32 Å². The van der Waals surface area contributed by atoms with Crippen LogP contribution in [0, 0.1) is 0 Å². The number of hydrogen-bond acceptors (Lipinski definition) is 3. The summed E-state index contributed by atoms with van der Waals surface area (Å²) in [5.41, 5.74) is 3.81. The van der Waals surface area contributed by atoms with Gasteiger partial charge in [-0.05, 0) is 42.7 Å². The molecule has 0 saturated carbocycles. The molecule has 2 rings (SSSR count). The zero-order valence-corrected chi connectivity index (χ0v) is 11.4. The molecule has 3 heteroatoms. The number of nitrogens with zero attached hydrogens (tertiary/aromatic N) is 1. The van der Waals surface area contributed by atoms with Crippen LogP contribution in [0.3, 0.4) is 0 Å². The highest BCUT2D eigenvalue weighted by molar-refractivity contribution is 5.34. The maximum atomic E-state index is 10.3. The van der Waals surface area contributed by atoms with Crippen LogP contribution >= 0.6 is 0 Å². The lowest BCUT2D eigenvalue weighted by molar-refractivity contribution is 0.119. The first-order chi connectivity index (χ1) is 8.74. The number of hydrogen-bond donors (Lipinski definition) is 2. The van der Waals surface area contributed by atoms with E-state index in [9.17, 15) is 5.11 Å². The molecular weight excluding hydrogens is 224 g/mol. The second-order valence-electron chi connectivity index (χ2n) is 4.96. The number of fused-ring (bicyclic) bond motifs is 1. The second-order valence-corrected chi connectivity index (χ2v) is 4.96. The van der Waals surface area contributed by atoms with Crippen molar-refractivity contribution < 1.29 is 5.11 Å². The number of aliphatic hydroxyl groups is 1. The lowest BCUT2D eigenvalue weighted by Gasteiger charge is -2.24. The van der Waals surface area contributed by atoms with E-state index in [1.807, 2.05) is 0 Å². The number of nitrogens with one attached hydrogen (secondary N) is 1. The fraction of sp³-hybridized carbons (Fsp3) is 0.600. The first-order valence-electron chi connectivity index (χ1n) is 6.97. The van der Waals surface area contributed by atoms with Gasteiger partial charge in [-0.15, -0.1) is 0 Å². The summed E-state index contributed by atoms with van der Waals surface area (Å²) in [5.74, 6) is 0. The van der Waals surface area contributed by atoms with E-state index in [1.54, 1.807) is 0 Å². The number of likely N-dealkylation sites (N-methyl/N-ethyl adjacent to an activating group) is 1. The first kappa shape index (κ1) is 13.5. The number of rotatable bonds is 5. The summed E-state index contributed by atoms with van der Waals surface area (Å²) < 4.78 is 0. The molecule has 1 atom stereocenters. The Morgan fingerprint density at radius 2 is 2.06 bits per heavy atom. The molecule has 1 aliphatic heterocycles. The van der Waals surface area contributed by atoms with Crippen LogP contribution in [0.2, 0.25) is 0 Å². The van der Waals surface area contributed by atoms with Crippen molar-refractivity contribution in [2.24, 2.45) is 0 Å². The molecule has 0 bridgehead atoms. The van der Waals surface area contributed by atoms with Gasteiger partial charge in [-0.1, -0.05) is 32.0 Å². The molecule has 3 nitrogen and oxygen atoms in total. The summed E-state index contributed by atoms with van der Waals surface area (Å²) in [6.07, 6.45) is 0.721. The Labute approximate surface area is 110 Å². The third kappa shape index (κ3) is 3.10. The lowest BCUT2D eigenvalue weighted by Crippen LogP contribution is -2.28. The molecule has 0 fully saturated rings. The normalized spacial score (nSPS) is 16.7. The Kier molecular flexibility index (Phi) is 4.75. The van der Waals surface area contributed by atoms with Crippen LogP contribution in [0.25, 0.3) is 0 Å². The Morgan fingerprint density at radius 1 is 1.28 bits per heavy atom. The lowest BCUT2D eigenvalue weighted by atomic mass is 9.96. The minimum atomic E-state index is -0.378. The molecule has 0 spiro atoms. The zero-order chi connectivity index (χ0) is 13.0. The monoisotopic (exact) mass is 248 g/mol. The molecule has 1 heterocycles. The Balaban J connectivity index is 2.08. The molecule has 2 N–H and O–H groups in total. The first-order valence-corrected chi connectivity index (χ1v) is 6.97. The predicted molar refractivity (Wildman–Crippen MR) is 74.6 cm³/mol. The molecule has 1 aliphatic rings. The minimum Gasteiger partial charge on any atom is -0.387 e. The molecule has 0 aliphatic carbocycles. The molecule has 1 aromatic rings. The van der Waals surface area contributed by atoms with Crippen LogP contribution in [-0.2, 0) is 13.0 Å². The second kappa shape index (κ2) is 6.32. The van der Waals surface area contributed by atoms with Crippen molar-refractivity contribution in [3.63, 3.8) is 0 Å². The summed E-state index contributed by atoms with van der Waals surface area (Å²) in [7, 11) is 0. The summed E-state index contributed by atoms with van der Waals surface area (Å²) in [5, 5.41) is 13.7. The summed E-state index contributed by atoms with van der Waals surface area (Å²) in [4.78, 5) is 2.25. The van der Waals surface area contributed by atoms with Crippen molar-refractivity contribution in [2.75, 3.05) is 26.2 Å². The SMILES string of the molecule is CCN(CC)CC(O)c1ccc2c(c1)CNCC2. The van der Waals surface area contributed by atoms with E-state index in [-0.39, 0.29) is 6.10 Å². The van der Waals surface area contributed by atoms with Gasteiger partial charge < -0.3 is 15.3 Å². The van der Waals surface area contributed by atoms with E-state index in [0.717, 1.165) is 44.7 Å². The number of benzene rings is 1. The summed E-state index contributed by atoms with van der Waals surface area (Å²) >= 11 is 0. The average Bonchev–Trinajstić information content (AvgIpc) is 2.44. The van der Waals surface area contributed by atoms with E-state index in [1.165, 1.54) is 11.1 Å². The van der Waals surface area contributed by atoms with Crippen molar-refractivity contribution in [3.05, 3.63) is 34.9 Å². The molecule has 0 saturated heterocycles. The predicted octanol–water partition coefficient (Wildman–Crippen LogP) is 1.71. The molecule has 0 amide bonds. The summed E-state index contributed by atoms with van der Waals surface area (Å²) in [6, 6.07) is 6.42. The average molecular weight is 248 g/mol. The van der Waals surface area contributed by atoms with Crippen molar-refractivity contribution in [2.45, 2.75) is 32.9 Å². The standard InChI is InChI=1S/C15H24N2O/c1-3-17(4-2)11-15(18)13-6-5-12-7-8-16-10-14(12)9-13/h5-6,9,15-16,18H,3-4,7-8,10-11H2,1-2H3. The van der Waals surface area contributed by atoms with E-state index >= 15 is 0 Å². The third-order valence-electron chi connectivity index (χ3n) is 3.83. The van der Waals surface area contributed by atoms with Crippen LogP contribution in [-0.4, -0.2) is 36.2 Å². The largest absolute Gasteiger partial charge is 0.387 e. The highest BCUT2D eigenvalue weighted by Gasteiger charge is 2.14. The topological polar surface area (TPSA) is 35.5 Å². The molecule has 0 aromatic heterocycles. The minimum absolute atomic E-state index is 0.378. The van der Waals surface area contributed by atoms with Gasteiger partial charge in [0.05, 0.1) is 6.10 Å². The van der Waals surface area contributed by atoms with Crippen LogP contribution in [0.15, 0.2) is 18.2 Å².